The Morgan fingerprint density at radius 1 is 0.921 bits per heavy atom. The van der Waals surface area contributed by atoms with E-state index in [-0.39, 0.29) is 6.61 Å². The fraction of sp³-hybridized carbons (Fsp3) is 0.522. The number of primary amides is 1. The van der Waals surface area contributed by atoms with E-state index in [1.165, 1.54) is 26.0 Å². The summed E-state index contributed by atoms with van der Waals surface area (Å²) in [5, 5.41) is 63.6. The largest absolute Gasteiger partial charge is 0.394 e. The number of aliphatic imine (C=N–C) groups is 1. The van der Waals surface area contributed by atoms with Crippen molar-refractivity contribution in [2.75, 3.05) is 11.9 Å². The lowest BCUT2D eigenvalue weighted by atomic mass is 10.0. The molecule has 15 heteroatoms. The molecule has 38 heavy (non-hydrogen) atoms. The zero-order chi connectivity index (χ0) is 29.0. The number of hydrogen-bond donors (Lipinski definition) is 10. The Morgan fingerprint density at radius 2 is 1.53 bits per heavy atom. The van der Waals surface area contributed by atoms with E-state index in [4.69, 9.17) is 15.9 Å². The molecule has 0 aliphatic heterocycles. The summed E-state index contributed by atoms with van der Waals surface area (Å²) in [6, 6.07) is 2.45. The smallest absolute Gasteiger partial charge is 0.247 e. The van der Waals surface area contributed by atoms with Gasteiger partial charge in [0.2, 0.25) is 23.6 Å². The predicted octanol–water partition coefficient (Wildman–Crippen LogP) is -4.12. The van der Waals surface area contributed by atoms with Gasteiger partial charge in [0, 0.05) is 11.9 Å². The Hall–Kier alpha value is -3.47. The summed E-state index contributed by atoms with van der Waals surface area (Å²) in [6.07, 6.45) is -7.03. The quantitative estimate of drug-likeness (QED) is 0.0958. The summed E-state index contributed by atoms with van der Waals surface area (Å²) in [7, 11) is 0. The van der Waals surface area contributed by atoms with Crippen LogP contribution in [-0.2, 0) is 25.8 Å². The van der Waals surface area contributed by atoms with Crippen LogP contribution in [0, 0.1) is 0 Å². The normalized spacial score (nSPS) is 16.9. The minimum Gasteiger partial charge on any atom is -0.394 e. The van der Waals surface area contributed by atoms with Gasteiger partial charge in [-0.15, -0.1) is 0 Å². The highest BCUT2D eigenvalue weighted by molar-refractivity contribution is 6.00. The molecule has 212 valence electrons. The second kappa shape index (κ2) is 15.7. The SMILES string of the molecule is CC(N=C[C@H](O)[C@@H](O)[C@H](O)[C@H](O)CO)C(=O)NC(C)C(=O)NC(CC(N)=O)C(=O)Nc1ccc(CO)cc1. The van der Waals surface area contributed by atoms with Crippen LogP contribution in [0.1, 0.15) is 25.8 Å². The van der Waals surface area contributed by atoms with E-state index in [1.807, 2.05) is 0 Å². The third-order valence-electron chi connectivity index (χ3n) is 5.32. The molecular weight excluding hydrogens is 506 g/mol. The van der Waals surface area contributed by atoms with Crippen LogP contribution in [0.15, 0.2) is 29.3 Å². The van der Waals surface area contributed by atoms with Gasteiger partial charge in [0.05, 0.1) is 19.6 Å². The maximum absolute atomic E-state index is 12.6. The monoisotopic (exact) mass is 541 g/mol. The number of nitrogens with two attached hydrogens (primary N) is 1. The van der Waals surface area contributed by atoms with Crippen LogP contribution in [-0.4, -0.2) is 110 Å². The molecule has 7 atom stereocenters. The Morgan fingerprint density at radius 3 is 2.05 bits per heavy atom. The third-order valence-corrected chi connectivity index (χ3v) is 5.32. The van der Waals surface area contributed by atoms with Gasteiger partial charge < -0.3 is 52.3 Å². The van der Waals surface area contributed by atoms with Crippen molar-refractivity contribution in [3.63, 3.8) is 0 Å². The molecule has 0 bridgehead atoms. The Balaban J connectivity index is 2.74. The molecule has 4 amide bonds. The lowest BCUT2D eigenvalue weighted by Crippen LogP contribution is -2.53. The maximum Gasteiger partial charge on any atom is 0.247 e. The molecule has 1 aromatic carbocycles. The summed E-state index contributed by atoms with van der Waals surface area (Å²) < 4.78 is 0. The minimum atomic E-state index is -1.90. The van der Waals surface area contributed by atoms with E-state index in [9.17, 15) is 39.6 Å². The van der Waals surface area contributed by atoms with E-state index >= 15 is 0 Å². The minimum absolute atomic E-state index is 0.192. The first-order chi connectivity index (χ1) is 17.8. The molecule has 0 saturated heterocycles. The molecule has 3 unspecified atom stereocenters. The number of anilines is 1. The van der Waals surface area contributed by atoms with Crippen LogP contribution >= 0.6 is 0 Å². The number of carbonyl (C=O) groups excluding carboxylic acids is 4. The van der Waals surface area contributed by atoms with Gasteiger partial charge in [-0.2, -0.15) is 0 Å². The summed E-state index contributed by atoms with van der Waals surface area (Å²) >= 11 is 0. The first kappa shape index (κ1) is 32.6. The van der Waals surface area contributed by atoms with Gasteiger partial charge in [-0.05, 0) is 31.5 Å². The van der Waals surface area contributed by atoms with Crippen molar-refractivity contribution in [1.29, 1.82) is 0 Å². The van der Waals surface area contributed by atoms with Crippen LogP contribution in [0.3, 0.4) is 0 Å². The van der Waals surface area contributed by atoms with Gasteiger partial charge in [0.1, 0.15) is 42.5 Å². The fourth-order valence-corrected chi connectivity index (χ4v) is 2.94. The Labute approximate surface area is 218 Å². The fourth-order valence-electron chi connectivity index (χ4n) is 2.94. The average Bonchev–Trinajstić information content (AvgIpc) is 2.89. The molecule has 11 N–H and O–H groups in total. The van der Waals surface area contributed by atoms with E-state index in [2.05, 4.69) is 20.9 Å². The lowest BCUT2D eigenvalue weighted by Gasteiger charge is -2.23. The van der Waals surface area contributed by atoms with E-state index in [0.29, 0.717) is 11.3 Å². The number of rotatable bonds is 15. The van der Waals surface area contributed by atoms with Gasteiger partial charge in [0.15, 0.2) is 0 Å². The number of hydrogen-bond acceptors (Lipinski definition) is 11. The van der Waals surface area contributed by atoms with Crippen LogP contribution in [0.5, 0.6) is 0 Å². The third kappa shape index (κ3) is 10.5. The summed E-state index contributed by atoms with van der Waals surface area (Å²) in [5.41, 5.74) is 6.14. The van der Waals surface area contributed by atoms with Crippen LogP contribution in [0.25, 0.3) is 0 Å². The molecule has 1 aromatic rings. The molecular formula is C23H35N5O10. The summed E-state index contributed by atoms with van der Waals surface area (Å²) in [6.45, 7) is 1.56. The number of aliphatic hydroxyl groups excluding tert-OH is 6. The Bertz CT molecular complexity index is 974. The molecule has 15 nitrogen and oxygen atoms in total. The van der Waals surface area contributed by atoms with E-state index in [0.717, 1.165) is 6.21 Å². The van der Waals surface area contributed by atoms with Crippen molar-refractivity contribution in [1.82, 2.24) is 10.6 Å². The van der Waals surface area contributed by atoms with Crippen molar-refractivity contribution in [2.45, 2.75) is 69.4 Å². The van der Waals surface area contributed by atoms with E-state index in [1.54, 1.807) is 12.1 Å². The number of benzene rings is 1. The highest BCUT2D eigenvalue weighted by Crippen LogP contribution is 2.11. The van der Waals surface area contributed by atoms with Crippen molar-refractivity contribution < 1.29 is 49.8 Å². The molecule has 1 rings (SSSR count). The standard InChI is InChI=1S/C23H35N5O10/c1-11(25-8-16(31)19(34)20(35)17(32)10-30)21(36)26-12(2)22(37)28-15(7-18(24)33)23(38)27-14-5-3-13(9-29)4-6-14/h3-6,8,11-12,15-17,19-20,29-32,34-35H,7,9-10H2,1-2H3,(H2,24,33)(H,26,36)(H,27,38)(H,28,37)/t11?,12?,15?,16-,17+,19+,20+/m0/s1. The van der Waals surface area contributed by atoms with Crippen molar-refractivity contribution in [3.05, 3.63) is 29.8 Å². The number of aliphatic hydroxyl groups is 6. The number of nitrogens with zero attached hydrogens (tertiary/aromatic N) is 1. The van der Waals surface area contributed by atoms with Crippen LogP contribution in [0.2, 0.25) is 0 Å². The zero-order valence-corrected chi connectivity index (χ0v) is 20.9. The van der Waals surface area contributed by atoms with Gasteiger partial charge >= 0.3 is 0 Å². The topological polar surface area (TPSA) is 264 Å². The molecule has 0 aromatic heterocycles. The number of carbonyl (C=O) groups is 4. The van der Waals surface area contributed by atoms with Crippen LogP contribution < -0.4 is 21.7 Å². The molecule has 0 fully saturated rings. The van der Waals surface area contributed by atoms with Gasteiger partial charge in [-0.1, -0.05) is 12.1 Å². The van der Waals surface area contributed by atoms with E-state index < -0.39 is 79.2 Å². The summed E-state index contributed by atoms with van der Waals surface area (Å²) in [4.78, 5) is 52.8. The predicted molar refractivity (Wildman–Crippen MR) is 133 cm³/mol. The lowest BCUT2D eigenvalue weighted by molar-refractivity contribution is -0.131. The van der Waals surface area contributed by atoms with Gasteiger partial charge in [-0.25, -0.2) is 0 Å². The maximum atomic E-state index is 12.6. The zero-order valence-electron chi connectivity index (χ0n) is 20.9. The molecule has 0 spiro atoms. The molecule has 0 heterocycles. The Kier molecular flexibility index (Phi) is 13.5. The highest BCUT2D eigenvalue weighted by Gasteiger charge is 2.30. The first-order valence-corrected chi connectivity index (χ1v) is 11.6. The van der Waals surface area contributed by atoms with Crippen LogP contribution in [0.4, 0.5) is 5.69 Å². The molecule has 0 aliphatic carbocycles. The second-order valence-corrected chi connectivity index (χ2v) is 8.50. The van der Waals surface area contributed by atoms with Gasteiger partial charge in [0.25, 0.3) is 0 Å². The number of nitrogens with one attached hydrogen (secondary N) is 3. The molecule has 0 saturated carbocycles. The molecule has 0 radical (unpaired) electrons. The first-order valence-electron chi connectivity index (χ1n) is 11.6. The average molecular weight is 542 g/mol. The van der Waals surface area contributed by atoms with Crippen molar-refractivity contribution >= 4 is 35.5 Å². The van der Waals surface area contributed by atoms with Gasteiger partial charge in [-0.3, -0.25) is 24.2 Å². The summed E-state index contributed by atoms with van der Waals surface area (Å²) in [5.74, 6) is -3.20. The second-order valence-electron chi connectivity index (χ2n) is 8.50. The number of amides is 4. The highest BCUT2D eigenvalue weighted by atomic mass is 16.4. The van der Waals surface area contributed by atoms with Crippen molar-refractivity contribution in [3.8, 4) is 0 Å². The molecule has 0 aliphatic rings. The van der Waals surface area contributed by atoms with Crippen molar-refractivity contribution in [2.24, 2.45) is 10.7 Å².